The van der Waals surface area contributed by atoms with Gasteiger partial charge in [0.25, 0.3) is 5.91 Å². The number of benzene rings is 1. The smallest absolute Gasteiger partial charge is 0.354 e. The largest absolute Gasteiger partial charge is 0.416 e. The van der Waals surface area contributed by atoms with Gasteiger partial charge in [-0.1, -0.05) is 6.42 Å². The summed E-state index contributed by atoms with van der Waals surface area (Å²) in [5.41, 5.74) is -1.02. The molecule has 31 heavy (non-hydrogen) atoms. The van der Waals surface area contributed by atoms with E-state index in [0.29, 0.717) is 25.8 Å². The van der Waals surface area contributed by atoms with Crippen LogP contribution in [0.25, 0.3) is 0 Å². The van der Waals surface area contributed by atoms with Gasteiger partial charge in [0.1, 0.15) is 0 Å². The molecule has 0 radical (unpaired) electrons. The molecule has 2 unspecified atom stereocenters. The minimum absolute atomic E-state index is 0.0132. The van der Waals surface area contributed by atoms with Crippen LogP contribution >= 0.6 is 0 Å². The molecule has 0 bridgehead atoms. The fraction of sp³-hybridized carbons (Fsp3) is 0.591. The minimum Gasteiger partial charge on any atom is -0.354 e. The van der Waals surface area contributed by atoms with Gasteiger partial charge in [-0.25, -0.2) is 0 Å². The van der Waals surface area contributed by atoms with Crippen molar-refractivity contribution in [1.29, 1.82) is 0 Å². The topological polar surface area (TPSA) is 78.5 Å². The van der Waals surface area contributed by atoms with E-state index in [2.05, 4.69) is 10.6 Å². The molecule has 0 spiro atoms. The van der Waals surface area contributed by atoms with Crippen molar-refractivity contribution < 1.29 is 27.6 Å². The number of halogens is 3. The molecule has 6 nitrogen and oxygen atoms in total. The highest BCUT2D eigenvalue weighted by Gasteiger charge is 2.34. The Hall–Kier alpha value is -2.58. The molecule has 1 aromatic rings. The van der Waals surface area contributed by atoms with Crippen molar-refractivity contribution in [3.05, 3.63) is 29.3 Å². The number of hydrogen-bond acceptors (Lipinski definition) is 3. The number of amides is 3. The third-order valence-electron chi connectivity index (χ3n) is 5.70. The molecule has 1 aliphatic heterocycles. The maximum Gasteiger partial charge on any atom is 0.416 e. The quantitative estimate of drug-likeness (QED) is 0.735. The lowest BCUT2D eigenvalue weighted by Crippen LogP contribution is -2.43. The van der Waals surface area contributed by atoms with E-state index in [1.165, 1.54) is 11.0 Å². The second-order valence-electron chi connectivity index (χ2n) is 8.61. The highest BCUT2D eigenvalue weighted by Crippen LogP contribution is 2.34. The van der Waals surface area contributed by atoms with Gasteiger partial charge in [-0.05, 0) is 57.7 Å². The fourth-order valence-electron chi connectivity index (χ4n) is 4.21. The number of carbonyl (C=O) groups excluding carboxylic acids is 3. The van der Waals surface area contributed by atoms with Crippen molar-refractivity contribution in [3.8, 4) is 0 Å². The molecule has 2 aliphatic rings. The monoisotopic (exact) mass is 439 g/mol. The maximum absolute atomic E-state index is 13.4. The number of nitrogens with one attached hydrogen (secondary N) is 2. The van der Waals surface area contributed by atoms with Crippen LogP contribution in [-0.4, -0.2) is 36.3 Å². The molecule has 2 fully saturated rings. The Labute approximate surface area is 179 Å². The van der Waals surface area contributed by atoms with E-state index in [1.54, 1.807) is 0 Å². The summed E-state index contributed by atoms with van der Waals surface area (Å²) < 4.78 is 40.3. The second-order valence-corrected chi connectivity index (χ2v) is 8.61. The van der Waals surface area contributed by atoms with Crippen molar-refractivity contribution in [3.63, 3.8) is 0 Å². The zero-order valence-electron chi connectivity index (χ0n) is 17.7. The van der Waals surface area contributed by atoms with Gasteiger partial charge >= 0.3 is 6.18 Å². The molecule has 1 aromatic carbocycles. The van der Waals surface area contributed by atoms with Crippen LogP contribution < -0.4 is 15.5 Å². The zero-order valence-corrected chi connectivity index (χ0v) is 17.7. The van der Waals surface area contributed by atoms with Gasteiger partial charge in [-0.2, -0.15) is 13.2 Å². The molecule has 1 heterocycles. The van der Waals surface area contributed by atoms with Crippen LogP contribution in [0.5, 0.6) is 0 Å². The van der Waals surface area contributed by atoms with E-state index in [1.807, 2.05) is 13.8 Å². The maximum atomic E-state index is 13.4. The van der Waals surface area contributed by atoms with Crippen LogP contribution in [0.4, 0.5) is 18.9 Å². The van der Waals surface area contributed by atoms with Crippen molar-refractivity contribution in [2.75, 3.05) is 11.4 Å². The van der Waals surface area contributed by atoms with Gasteiger partial charge in [-0.3, -0.25) is 14.4 Å². The van der Waals surface area contributed by atoms with Crippen molar-refractivity contribution >= 4 is 23.4 Å². The second kappa shape index (κ2) is 9.28. The van der Waals surface area contributed by atoms with Crippen LogP contribution in [-0.2, 0) is 15.8 Å². The summed E-state index contributed by atoms with van der Waals surface area (Å²) in [5.74, 6) is -1.19. The van der Waals surface area contributed by atoms with Crippen LogP contribution in [0.3, 0.4) is 0 Å². The first-order valence-electron chi connectivity index (χ1n) is 10.7. The van der Waals surface area contributed by atoms with Crippen LogP contribution in [0.2, 0.25) is 0 Å². The first-order valence-corrected chi connectivity index (χ1v) is 10.7. The SMILES string of the molecule is CC(C)NC(=O)C1CCCC(NC(=O)c2cc(N3CCCC3=O)cc(C(F)(F)F)c2)C1. The Morgan fingerprint density at radius 2 is 1.87 bits per heavy atom. The summed E-state index contributed by atoms with van der Waals surface area (Å²) in [6.45, 7) is 4.07. The highest BCUT2D eigenvalue weighted by atomic mass is 19.4. The predicted molar refractivity (Wildman–Crippen MR) is 110 cm³/mol. The number of alkyl halides is 3. The summed E-state index contributed by atoms with van der Waals surface area (Å²) in [4.78, 5) is 38.4. The van der Waals surface area contributed by atoms with E-state index >= 15 is 0 Å². The van der Waals surface area contributed by atoms with Gasteiger partial charge in [0.2, 0.25) is 11.8 Å². The molecule has 3 rings (SSSR count). The third kappa shape index (κ3) is 5.77. The third-order valence-corrected chi connectivity index (χ3v) is 5.70. The lowest BCUT2D eigenvalue weighted by Gasteiger charge is -2.29. The van der Waals surface area contributed by atoms with Crippen molar-refractivity contribution in [2.45, 2.75) is 70.6 Å². The molecule has 2 N–H and O–H groups in total. The van der Waals surface area contributed by atoms with Gasteiger partial charge in [0.05, 0.1) is 5.56 Å². The molecule has 1 aliphatic carbocycles. The molecule has 9 heteroatoms. The van der Waals surface area contributed by atoms with Crippen LogP contribution in [0.15, 0.2) is 18.2 Å². The van der Waals surface area contributed by atoms with Gasteiger partial charge < -0.3 is 15.5 Å². The summed E-state index contributed by atoms with van der Waals surface area (Å²) in [6.07, 6.45) is -1.22. The molecule has 3 amide bonds. The Bertz CT molecular complexity index is 854. The number of rotatable bonds is 5. The number of anilines is 1. The number of carbonyl (C=O) groups is 3. The Morgan fingerprint density at radius 3 is 2.48 bits per heavy atom. The summed E-state index contributed by atoms with van der Waals surface area (Å²) in [5, 5.41) is 5.66. The Kier molecular flexibility index (Phi) is 6.91. The number of hydrogen-bond donors (Lipinski definition) is 2. The summed E-state index contributed by atoms with van der Waals surface area (Å²) in [7, 11) is 0. The fourth-order valence-corrected chi connectivity index (χ4v) is 4.21. The zero-order chi connectivity index (χ0) is 22.8. The lowest BCUT2D eigenvalue weighted by atomic mass is 9.85. The molecular weight excluding hydrogens is 411 g/mol. The normalized spacial score (nSPS) is 22.0. The molecular formula is C22H28F3N3O3. The average molecular weight is 439 g/mol. The highest BCUT2D eigenvalue weighted by molar-refractivity contribution is 5.99. The predicted octanol–water partition coefficient (Wildman–Crippen LogP) is 3.65. The molecule has 1 saturated carbocycles. The molecule has 2 atom stereocenters. The van der Waals surface area contributed by atoms with Crippen molar-refractivity contribution in [1.82, 2.24) is 10.6 Å². The number of nitrogens with zero attached hydrogens (tertiary/aromatic N) is 1. The molecule has 170 valence electrons. The van der Waals surface area contributed by atoms with Crippen molar-refractivity contribution in [2.24, 2.45) is 5.92 Å². The summed E-state index contributed by atoms with van der Waals surface area (Å²) >= 11 is 0. The first-order chi connectivity index (χ1) is 14.5. The minimum atomic E-state index is -4.64. The van der Waals surface area contributed by atoms with E-state index < -0.39 is 17.6 Å². The Balaban J connectivity index is 1.77. The average Bonchev–Trinajstić information content (AvgIpc) is 3.12. The van der Waals surface area contributed by atoms with Gasteiger partial charge in [0, 0.05) is 42.2 Å². The Morgan fingerprint density at radius 1 is 1.13 bits per heavy atom. The molecule has 1 saturated heterocycles. The lowest BCUT2D eigenvalue weighted by molar-refractivity contribution is -0.137. The first kappa shape index (κ1) is 23.1. The van der Waals surface area contributed by atoms with Gasteiger partial charge in [0.15, 0.2) is 0 Å². The van der Waals surface area contributed by atoms with E-state index in [0.717, 1.165) is 25.0 Å². The standard InChI is InChI=1S/C22H28F3N3O3/c1-13(2)26-20(30)14-5-3-6-17(10-14)27-21(31)15-9-16(22(23,24)25)12-18(11-15)28-8-4-7-19(28)29/h9,11-14,17H,3-8,10H2,1-2H3,(H,26,30)(H,27,31). The van der Waals surface area contributed by atoms with E-state index in [9.17, 15) is 27.6 Å². The van der Waals surface area contributed by atoms with Gasteiger partial charge in [-0.15, -0.1) is 0 Å². The molecule has 0 aromatic heterocycles. The van der Waals surface area contributed by atoms with E-state index in [-0.39, 0.29) is 47.5 Å². The van der Waals surface area contributed by atoms with E-state index in [4.69, 9.17) is 0 Å². The van der Waals surface area contributed by atoms with Crippen LogP contribution in [0, 0.1) is 5.92 Å². The van der Waals surface area contributed by atoms with Crippen LogP contribution in [0.1, 0.15) is 68.3 Å². The summed E-state index contributed by atoms with van der Waals surface area (Å²) in [6, 6.07) is 2.77.